The molecule has 0 aliphatic rings. The zero-order valence-corrected chi connectivity index (χ0v) is 48.3. The molecule has 0 saturated carbocycles. The van der Waals surface area contributed by atoms with Gasteiger partial charge in [-0.15, -0.1) is 0 Å². The van der Waals surface area contributed by atoms with Gasteiger partial charge in [-0.25, -0.2) is 0 Å². The molecule has 0 radical (unpaired) electrons. The maximum absolute atomic E-state index is 7.20. The van der Waals surface area contributed by atoms with E-state index in [4.69, 9.17) is 17.7 Å². The first kappa shape index (κ1) is 49.7. The first-order valence-electron chi connectivity index (χ1n) is 29.1. The minimum absolute atomic E-state index is 0.0947. The molecule has 4 heterocycles. The van der Waals surface area contributed by atoms with E-state index in [1.165, 1.54) is 11.1 Å². The highest BCUT2D eigenvalue weighted by molar-refractivity contribution is 6.26. The molecule has 0 atom stereocenters. The zero-order chi connectivity index (χ0) is 56.9. The van der Waals surface area contributed by atoms with Crippen molar-refractivity contribution in [3.63, 3.8) is 0 Å². The molecule has 406 valence electrons. The number of anilines is 6. The zero-order valence-electron chi connectivity index (χ0n) is 48.3. The van der Waals surface area contributed by atoms with Gasteiger partial charge in [-0.1, -0.05) is 181 Å². The molecule has 12 aromatic carbocycles. The molecule has 16 rings (SSSR count). The molecule has 6 nitrogen and oxygen atoms in total. The van der Waals surface area contributed by atoms with Gasteiger partial charge in [0.15, 0.2) is 11.2 Å². The summed E-state index contributed by atoms with van der Waals surface area (Å²) in [6.45, 7) is 17.8. The molecule has 0 saturated heterocycles. The van der Waals surface area contributed by atoms with E-state index in [1.807, 2.05) is 0 Å². The monoisotopic (exact) mass is 1090 g/mol. The minimum atomic E-state index is -0.0947. The molecule has 0 amide bonds. The Balaban J connectivity index is 0.854. The van der Waals surface area contributed by atoms with E-state index < -0.39 is 0 Å². The van der Waals surface area contributed by atoms with Gasteiger partial charge in [0.1, 0.15) is 33.5 Å². The molecular formula is C78H60N2O4. The Labute approximate surface area is 486 Å². The predicted molar refractivity (Wildman–Crippen MR) is 352 cm³/mol. The third-order valence-electron chi connectivity index (χ3n) is 17.5. The van der Waals surface area contributed by atoms with Crippen molar-refractivity contribution in [3.05, 3.63) is 241 Å². The van der Waals surface area contributed by atoms with Crippen molar-refractivity contribution in [3.8, 4) is 11.1 Å². The van der Waals surface area contributed by atoms with Gasteiger partial charge >= 0.3 is 0 Å². The third kappa shape index (κ3) is 7.63. The fourth-order valence-corrected chi connectivity index (χ4v) is 13.4. The van der Waals surface area contributed by atoms with Crippen LogP contribution in [0, 0.1) is 13.8 Å². The lowest BCUT2D eigenvalue weighted by Gasteiger charge is -2.27. The van der Waals surface area contributed by atoms with Gasteiger partial charge in [-0.05, 0) is 142 Å². The molecule has 0 aliphatic heterocycles. The maximum atomic E-state index is 7.20. The van der Waals surface area contributed by atoms with E-state index >= 15 is 0 Å². The minimum Gasteiger partial charge on any atom is -0.456 e. The highest BCUT2D eigenvalue weighted by atomic mass is 16.3. The number of para-hydroxylation sites is 6. The van der Waals surface area contributed by atoms with Gasteiger partial charge in [-0.2, -0.15) is 0 Å². The summed E-state index contributed by atoms with van der Waals surface area (Å²) in [7, 11) is 0. The van der Waals surface area contributed by atoms with E-state index in [0.717, 1.165) is 166 Å². The van der Waals surface area contributed by atoms with Crippen molar-refractivity contribution in [1.29, 1.82) is 0 Å². The van der Waals surface area contributed by atoms with Crippen LogP contribution in [-0.2, 0) is 10.8 Å². The Hall–Kier alpha value is -10.0. The van der Waals surface area contributed by atoms with Crippen LogP contribution in [0.4, 0.5) is 34.1 Å². The van der Waals surface area contributed by atoms with Crippen molar-refractivity contribution < 1.29 is 17.7 Å². The number of nitrogens with zero attached hydrogens (tertiary/aromatic N) is 2. The van der Waals surface area contributed by atoms with E-state index in [0.29, 0.717) is 0 Å². The molecule has 0 fully saturated rings. The molecule has 6 heteroatoms. The lowest BCUT2D eigenvalue weighted by atomic mass is 9.86. The number of aryl methyl sites for hydroxylation is 2. The van der Waals surface area contributed by atoms with Gasteiger partial charge in [0.25, 0.3) is 0 Å². The van der Waals surface area contributed by atoms with Crippen LogP contribution in [0.25, 0.3) is 120 Å². The summed E-state index contributed by atoms with van der Waals surface area (Å²) in [5.41, 5.74) is 19.6. The number of rotatable bonds is 7. The summed E-state index contributed by atoms with van der Waals surface area (Å²) < 4.78 is 28.3. The molecule has 0 spiro atoms. The highest BCUT2D eigenvalue weighted by Gasteiger charge is 2.28. The van der Waals surface area contributed by atoms with E-state index in [2.05, 4.69) is 284 Å². The lowest BCUT2D eigenvalue weighted by molar-refractivity contribution is 0.572. The van der Waals surface area contributed by atoms with Crippen LogP contribution < -0.4 is 9.80 Å². The van der Waals surface area contributed by atoms with Gasteiger partial charge in [0.05, 0.1) is 11.4 Å². The van der Waals surface area contributed by atoms with Crippen LogP contribution >= 0.6 is 0 Å². The predicted octanol–water partition coefficient (Wildman–Crippen LogP) is 23.4. The van der Waals surface area contributed by atoms with E-state index in [-0.39, 0.29) is 10.8 Å². The Bertz CT molecular complexity index is 5190. The Morgan fingerprint density at radius 3 is 1.26 bits per heavy atom. The summed E-state index contributed by atoms with van der Waals surface area (Å²) in [5, 5.41) is 12.9. The third-order valence-corrected chi connectivity index (χ3v) is 17.5. The largest absolute Gasteiger partial charge is 0.456 e. The molecule has 0 aliphatic carbocycles. The Morgan fingerprint density at radius 1 is 0.298 bits per heavy atom. The highest BCUT2D eigenvalue weighted by Crippen LogP contribution is 2.50. The second-order valence-electron chi connectivity index (χ2n) is 25.0. The van der Waals surface area contributed by atoms with Crippen molar-refractivity contribution in [1.82, 2.24) is 0 Å². The van der Waals surface area contributed by atoms with Crippen molar-refractivity contribution in [2.24, 2.45) is 0 Å². The average molecular weight is 1090 g/mol. The fourth-order valence-electron chi connectivity index (χ4n) is 13.4. The van der Waals surface area contributed by atoms with Gasteiger partial charge in [0.2, 0.25) is 0 Å². The molecule has 16 aromatic rings. The van der Waals surface area contributed by atoms with Crippen molar-refractivity contribution in [2.45, 2.75) is 66.2 Å². The molecule has 0 unspecified atom stereocenters. The van der Waals surface area contributed by atoms with Crippen molar-refractivity contribution >= 4 is 143 Å². The second-order valence-corrected chi connectivity index (χ2v) is 25.0. The van der Waals surface area contributed by atoms with Crippen LogP contribution in [0.3, 0.4) is 0 Å². The lowest BCUT2D eigenvalue weighted by Crippen LogP contribution is -2.11. The molecule has 4 aromatic heterocycles. The summed E-state index contributed by atoms with van der Waals surface area (Å²) in [6, 6.07) is 78.6. The van der Waals surface area contributed by atoms with Crippen molar-refractivity contribution in [2.75, 3.05) is 9.80 Å². The maximum Gasteiger partial charge on any atom is 0.159 e. The standard InChI is InChI=1S/C78H60N2O4/c1-45-20-12-14-30-63(45)79(65-32-18-26-56-54-24-16-28-61(77(3,4)5)72(54)83-74(56)65)52-36-34-48-40-58-59-44-69-71(70(47-22-10-9-11-23-47)76(59)82-67(58)42-50(48)38-52)60-41-49-35-37-53(39-51(49)43-68(60)81-69)80(64-31-15-13-21-46(64)2)66-33-19-27-57-55-25-17-29-62(78(6,7)8)73(55)84-75(57)66/h9-44H,1-8H3. The summed E-state index contributed by atoms with van der Waals surface area (Å²) in [5.74, 6) is 0. The fraction of sp³-hybridized carbons (Fsp3) is 0.128. The second kappa shape index (κ2) is 18.2. The number of benzene rings is 12. The molecule has 84 heavy (non-hydrogen) atoms. The molecule has 0 N–H and O–H groups in total. The quantitative estimate of drug-likeness (QED) is 0.158. The SMILES string of the molecule is Cc1ccccc1N(c1ccc2cc3c(cc2c1)oc1c(-c2ccccc2)c2c(cc13)oc1cc3cc(N(c4ccccc4C)c4cccc5c4oc4c(C(C)(C)C)cccc45)ccc3cc12)c1cccc2c1oc1c(C(C)(C)C)cccc12. The van der Waals surface area contributed by atoms with Crippen LogP contribution in [-0.4, -0.2) is 0 Å². The Kier molecular flexibility index (Phi) is 10.8. The van der Waals surface area contributed by atoms with E-state index in [9.17, 15) is 0 Å². The first-order chi connectivity index (χ1) is 40.7. The summed E-state index contributed by atoms with van der Waals surface area (Å²) in [6.07, 6.45) is 0. The van der Waals surface area contributed by atoms with Gasteiger partial charge in [-0.3, -0.25) is 0 Å². The van der Waals surface area contributed by atoms with E-state index in [1.54, 1.807) is 0 Å². The topological polar surface area (TPSA) is 59.0 Å². The van der Waals surface area contributed by atoms with Crippen LogP contribution in [0.15, 0.2) is 236 Å². The van der Waals surface area contributed by atoms with Crippen LogP contribution in [0.2, 0.25) is 0 Å². The van der Waals surface area contributed by atoms with Crippen LogP contribution in [0.5, 0.6) is 0 Å². The van der Waals surface area contributed by atoms with Crippen LogP contribution in [0.1, 0.15) is 63.8 Å². The number of hydrogen-bond donors (Lipinski definition) is 0. The first-order valence-corrected chi connectivity index (χ1v) is 29.1. The number of furan rings is 4. The summed E-state index contributed by atoms with van der Waals surface area (Å²) in [4.78, 5) is 4.70. The average Bonchev–Trinajstić information content (AvgIpc) is 2.38. The smallest absolute Gasteiger partial charge is 0.159 e. The van der Waals surface area contributed by atoms with Gasteiger partial charge < -0.3 is 27.5 Å². The number of hydrogen-bond acceptors (Lipinski definition) is 6. The molecule has 0 bridgehead atoms. The number of fused-ring (bicyclic) bond motifs is 14. The Morgan fingerprint density at radius 2 is 0.750 bits per heavy atom. The normalized spacial score (nSPS) is 12.5. The van der Waals surface area contributed by atoms with Gasteiger partial charge in [0, 0.05) is 82.5 Å². The summed E-state index contributed by atoms with van der Waals surface area (Å²) >= 11 is 0. The molecular weight excluding hydrogens is 1030 g/mol.